The topological polar surface area (TPSA) is 93.2 Å². The number of benzene rings is 2. The van der Waals surface area contributed by atoms with Crippen molar-refractivity contribution in [3.63, 3.8) is 0 Å². The largest absolute Gasteiger partial charge is 0.460 e. The van der Waals surface area contributed by atoms with Crippen LogP contribution in [0.5, 0.6) is 6.01 Å². The van der Waals surface area contributed by atoms with Gasteiger partial charge < -0.3 is 24.0 Å². The molecular weight excluding hydrogens is 671 g/mol. The highest BCUT2D eigenvalue weighted by molar-refractivity contribution is 6.36. The fourth-order valence-corrected chi connectivity index (χ4v) is 8.57. The van der Waals surface area contributed by atoms with Crippen molar-refractivity contribution in [1.82, 2.24) is 24.8 Å². The molecule has 1 amide bonds. The Hall–Kier alpha value is -3.80. The Morgan fingerprint density at radius 1 is 0.980 bits per heavy atom. The SMILES string of the molecule is CC(C)(C)OC(=O)N1CC2(CCN(c3nc(OC4CCN(C5CCOCC5)CC4)nc4c(F)c(-c5cccc6cccc(Cl)c56)ncc34)CC2)C1. The van der Waals surface area contributed by atoms with Crippen molar-refractivity contribution >= 4 is 45.2 Å². The first-order chi connectivity index (χ1) is 24.6. The van der Waals surface area contributed by atoms with Crippen molar-refractivity contribution in [2.75, 3.05) is 57.4 Å². The fourth-order valence-electron chi connectivity index (χ4n) is 8.28. The lowest BCUT2D eigenvalue weighted by Crippen LogP contribution is -2.62. The third-order valence-corrected chi connectivity index (χ3v) is 11.4. The number of fused-ring (bicyclic) bond motifs is 2. The van der Waals surface area contributed by atoms with Crippen molar-refractivity contribution in [2.24, 2.45) is 5.41 Å². The molecule has 4 aromatic rings. The Bertz CT molecular complexity index is 1920. The first kappa shape index (κ1) is 34.3. The molecule has 0 radical (unpaired) electrons. The number of piperidine rings is 2. The molecule has 0 N–H and O–H groups in total. The molecule has 1 spiro atoms. The molecule has 4 fully saturated rings. The molecule has 8 rings (SSSR count). The smallest absolute Gasteiger partial charge is 0.410 e. The van der Waals surface area contributed by atoms with E-state index >= 15 is 4.39 Å². The molecule has 0 saturated carbocycles. The summed E-state index contributed by atoms with van der Waals surface area (Å²) in [5.41, 5.74) is 0.500. The highest BCUT2D eigenvalue weighted by Gasteiger charge is 2.48. The molecule has 10 nitrogen and oxygen atoms in total. The van der Waals surface area contributed by atoms with Gasteiger partial charge >= 0.3 is 12.1 Å². The molecule has 6 heterocycles. The third kappa shape index (κ3) is 6.92. The zero-order valence-electron chi connectivity index (χ0n) is 29.7. The van der Waals surface area contributed by atoms with E-state index < -0.39 is 11.4 Å². The lowest BCUT2D eigenvalue weighted by molar-refractivity contribution is -0.0434. The van der Waals surface area contributed by atoms with Crippen LogP contribution in [-0.4, -0.2) is 101 Å². The summed E-state index contributed by atoms with van der Waals surface area (Å²) in [5, 5.41) is 2.73. The van der Waals surface area contributed by atoms with E-state index in [1.807, 2.05) is 57.2 Å². The molecule has 2 aromatic heterocycles. The average molecular weight is 717 g/mol. The fraction of sp³-hybridized carbons (Fsp3) is 0.538. The normalized spacial score (nSPS) is 20.6. The lowest BCUT2D eigenvalue weighted by atomic mass is 9.72. The van der Waals surface area contributed by atoms with Gasteiger partial charge in [-0.05, 0) is 70.7 Å². The number of anilines is 1. The second-order valence-corrected chi connectivity index (χ2v) is 16.1. The van der Waals surface area contributed by atoms with Crippen LogP contribution in [0, 0.1) is 11.2 Å². The van der Waals surface area contributed by atoms with Gasteiger partial charge in [-0.25, -0.2) is 9.18 Å². The molecule has 0 unspecified atom stereocenters. The van der Waals surface area contributed by atoms with E-state index in [0.29, 0.717) is 54.0 Å². The summed E-state index contributed by atoms with van der Waals surface area (Å²) in [4.78, 5) is 33.6. The Morgan fingerprint density at radius 2 is 1.69 bits per heavy atom. The van der Waals surface area contributed by atoms with Crippen LogP contribution in [0.4, 0.5) is 15.0 Å². The van der Waals surface area contributed by atoms with E-state index in [2.05, 4.69) is 14.8 Å². The van der Waals surface area contributed by atoms with E-state index in [0.717, 1.165) is 75.6 Å². The molecule has 12 heteroatoms. The van der Waals surface area contributed by atoms with Gasteiger partial charge in [-0.1, -0.05) is 41.9 Å². The van der Waals surface area contributed by atoms with Crippen LogP contribution in [0.25, 0.3) is 32.9 Å². The van der Waals surface area contributed by atoms with Gasteiger partial charge in [0.1, 0.15) is 28.7 Å². The van der Waals surface area contributed by atoms with Gasteiger partial charge in [0.25, 0.3) is 0 Å². The average Bonchev–Trinajstić information content (AvgIpc) is 3.11. The number of ether oxygens (including phenoxy) is 3. The molecule has 4 aliphatic rings. The molecule has 0 bridgehead atoms. The van der Waals surface area contributed by atoms with Crippen LogP contribution in [0.1, 0.15) is 59.3 Å². The van der Waals surface area contributed by atoms with Crippen LogP contribution < -0.4 is 9.64 Å². The van der Waals surface area contributed by atoms with Crippen LogP contribution in [-0.2, 0) is 9.47 Å². The monoisotopic (exact) mass is 716 g/mol. The number of amides is 1. The summed E-state index contributed by atoms with van der Waals surface area (Å²) in [7, 11) is 0. The van der Waals surface area contributed by atoms with Crippen LogP contribution >= 0.6 is 11.6 Å². The van der Waals surface area contributed by atoms with Gasteiger partial charge in [0.05, 0.1) is 5.39 Å². The summed E-state index contributed by atoms with van der Waals surface area (Å²) in [5.74, 6) is 0.102. The molecular formula is C39H46ClFN6O4. The number of nitrogens with zero attached hydrogens (tertiary/aromatic N) is 6. The van der Waals surface area contributed by atoms with E-state index in [1.54, 1.807) is 11.1 Å². The van der Waals surface area contributed by atoms with Gasteiger partial charge in [-0.2, -0.15) is 9.97 Å². The summed E-state index contributed by atoms with van der Waals surface area (Å²) in [6, 6.07) is 12.1. The Labute approximate surface area is 303 Å². The Balaban J connectivity index is 1.08. The second-order valence-electron chi connectivity index (χ2n) is 15.7. The van der Waals surface area contributed by atoms with Gasteiger partial charge in [0.2, 0.25) is 0 Å². The Morgan fingerprint density at radius 3 is 2.39 bits per heavy atom. The molecule has 270 valence electrons. The van der Waals surface area contributed by atoms with E-state index in [4.69, 9.17) is 35.8 Å². The maximum Gasteiger partial charge on any atom is 0.410 e. The molecule has 4 saturated heterocycles. The minimum Gasteiger partial charge on any atom is -0.460 e. The predicted molar refractivity (Wildman–Crippen MR) is 196 cm³/mol. The van der Waals surface area contributed by atoms with Crippen molar-refractivity contribution in [2.45, 2.75) is 77.0 Å². The van der Waals surface area contributed by atoms with Gasteiger partial charge in [-0.15, -0.1) is 0 Å². The highest BCUT2D eigenvalue weighted by Crippen LogP contribution is 2.43. The molecule has 51 heavy (non-hydrogen) atoms. The minimum atomic E-state index is -0.526. The van der Waals surface area contributed by atoms with Crippen LogP contribution in [0.2, 0.25) is 5.02 Å². The summed E-state index contributed by atoms with van der Waals surface area (Å²) in [6.45, 7) is 11.9. The third-order valence-electron chi connectivity index (χ3n) is 11.0. The van der Waals surface area contributed by atoms with Crippen LogP contribution in [0.15, 0.2) is 42.6 Å². The summed E-state index contributed by atoms with van der Waals surface area (Å²) in [6.07, 6.45) is 6.95. The van der Waals surface area contributed by atoms with Crippen LogP contribution in [0.3, 0.4) is 0 Å². The molecule has 0 aliphatic carbocycles. The van der Waals surface area contributed by atoms with E-state index in [9.17, 15) is 4.79 Å². The Kier molecular flexibility index (Phi) is 9.17. The van der Waals surface area contributed by atoms with Gasteiger partial charge in [0, 0.05) is 86.1 Å². The molecule has 0 atom stereocenters. The van der Waals surface area contributed by atoms with Gasteiger partial charge in [-0.3, -0.25) is 9.88 Å². The quantitative estimate of drug-likeness (QED) is 0.208. The summed E-state index contributed by atoms with van der Waals surface area (Å²) < 4.78 is 34.5. The highest BCUT2D eigenvalue weighted by atomic mass is 35.5. The van der Waals surface area contributed by atoms with Crippen molar-refractivity contribution in [1.29, 1.82) is 0 Å². The predicted octanol–water partition coefficient (Wildman–Crippen LogP) is 7.50. The number of carbonyl (C=O) groups excluding carboxylic acids is 1. The number of likely N-dealkylation sites (tertiary alicyclic amines) is 2. The zero-order chi connectivity index (χ0) is 35.3. The number of hydrogen-bond acceptors (Lipinski definition) is 9. The van der Waals surface area contributed by atoms with Crippen molar-refractivity contribution < 1.29 is 23.4 Å². The molecule has 2 aromatic carbocycles. The number of carbonyl (C=O) groups is 1. The number of hydrogen-bond donors (Lipinski definition) is 0. The maximum atomic E-state index is 16.9. The van der Waals surface area contributed by atoms with Crippen molar-refractivity contribution in [3.05, 3.63) is 53.4 Å². The first-order valence-electron chi connectivity index (χ1n) is 18.3. The van der Waals surface area contributed by atoms with E-state index in [-0.39, 0.29) is 34.8 Å². The van der Waals surface area contributed by atoms with Gasteiger partial charge in [0.15, 0.2) is 5.82 Å². The number of pyridine rings is 1. The minimum absolute atomic E-state index is 0.0400. The second kappa shape index (κ2) is 13.6. The van der Waals surface area contributed by atoms with Crippen molar-refractivity contribution in [3.8, 4) is 17.3 Å². The lowest BCUT2D eigenvalue weighted by Gasteiger charge is -2.53. The summed E-state index contributed by atoms with van der Waals surface area (Å²) >= 11 is 6.66. The number of halogens is 2. The maximum absolute atomic E-state index is 16.9. The molecule has 4 aliphatic heterocycles. The first-order valence-corrected chi connectivity index (χ1v) is 18.7. The standard InChI is InChI=1S/C39H46ClFN6O4/c1-38(2,3)51-37(48)47-23-39(24-47)14-18-46(19-15-39)35-29-22-42-33(28-8-4-6-25-7-5-9-30(40)31(25)28)32(41)34(29)43-36(44-35)50-27-10-16-45(17-11-27)26-12-20-49-21-13-26/h4-9,22,26-27H,10-21,23-24H2,1-3H3. The van der Waals surface area contributed by atoms with E-state index in [1.165, 1.54) is 0 Å². The number of rotatable bonds is 5. The zero-order valence-corrected chi connectivity index (χ0v) is 30.4. The number of aromatic nitrogens is 3.